The number of anilines is 2. The Bertz CT molecular complexity index is 825. The van der Waals surface area contributed by atoms with Crippen LogP contribution in [0.2, 0.25) is 0 Å². The molecule has 1 amide bonds. The average molecular weight is 349 g/mol. The summed E-state index contributed by atoms with van der Waals surface area (Å²) in [5.74, 6) is -0.602. The molecule has 0 aliphatic carbocycles. The highest BCUT2D eigenvalue weighted by molar-refractivity contribution is 7.74. The van der Waals surface area contributed by atoms with Gasteiger partial charge in [-0.05, 0) is 25.1 Å². The van der Waals surface area contributed by atoms with Crippen LogP contribution in [0.1, 0.15) is 5.56 Å². The van der Waals surface area contributed by atoms with E-state index in [1.807, 2.05) is 6.92 Å². The van der Waals surface area contributed by atoms with Gasteiger partial charge in [-0.3, -0.25) is 19.2 Å². The molecule has 0 fully saturated rings. The van der Waals surface area contributed by atoms with Crippen LogP contribution in [0.3, 0.4) is 0 Å². The first-order chi connectivity index (χ1) is 11.4. The predicted octanol–water partition coefficient (Wildman–Crippen LogP) is 1.87. The van der Waals surface area contributed by atoms with Crippen LogP contribution < -0.4 is 9.62 Å². The predicted molar refractivity (Wildman–Crippen MR) is 90.6 cm³/mol. The molecule has 0 heterocycles. The van der Waals surface area contributed by atoms with Gasteiger partial charge in [0.15, 0.2) is 0 Å². The summed E-state index contributed by atoms with van der Waals surface area (Å²) in [6.07, 6.45) is 0. The molecule has 0 bridgehead atoms. The van der Waals surface area contributed by atoms with Crippen molar-refractivity contribution in [1.82, 2.24) is 0 Å². The Balaban J connectivity index is 2.12. The van der Waals surface area contributed by atoms with Gasteiger partial charge in [-0.2, -0.15) is 0 Å². The number of hydrogen-bond acceptors (Lipinski definition) is 5. The number of nitrogens with zero attached hydrogens (tertiary/aromatic N) is 2. The van der Waals surface area contributed by atoms with Crippen molar-refractivity contribution in [3.63, 3.8) is 0 Å². The third-order valence-corrected chi connectivity index (χ3v) is 3.93. The number of nitro groups is 1. The van der Waals surface area contributed by atoms with Gasteiger partial charge >= 0.3 is 0 Å². The lowest BCUT2D eigenvalue weighted by molar-refractivity contribution is -0.384. The van der Waals surface area contributed by atoms with Gasteiger partial charge in [-0.15, -0.1) is 0 Å². The zero-order chi connectivity index (χ0) is 17.7. The number of thiol groups is 1. The standard InChI is InChI=1S/C15H15N3O5S/c1-11-5-7-13(8-6-11)17(24(22)23)10-15(19)16-12-3-2-4-14(9-12)18(20)21/h2-9,24H,10H2,1H3,(H,16,19). The first-order valence-corrected chi connectivity index (χ1v) is 8.02. The topological polar surface area (TPSA) is 110 Å². The molecular formula is C15H15N3O5S. The van der Waals surface area contributed by atoms with Gasteiger partial charge in [0, 0.05) is 17.8 Å². The maximum atomic E-state index is 12.1. The zero-order valence-corrected chi connectivity index (χ0v) is 13.6. The van der Waals surface area contributed by atoms with Crippen LogP contribution in [0.15, 0.2) is 48.5 Å². The van der Waals surface area contributed by atoms with E-state index < -0.39 is 28.3 Å². The van der Waals surface area contributed by atoms with Gasteiger partial charge < -0.3 is 5.32 Å². The van der Waals surface area contributed by atoms with Crippen molar-refractivity contribution >= 4 is 33.9 Å². The van der Waals surface area contributed by atoms with Crippen LogP contribution in [0, 0.1) is 17.0 Å². The fourth-order valence-corrected chi connectivity index (χ4v) is 2.56. The van der Waals surface area contributed by atoms with E-state index in [0.29, 0.717) is 5.69 Å². The summed E-state index contributed by atoms with van der Waals surface area (Å²) in [4.78, 5) is 22.2. The highest BCUT2D eigenvalue weighted by Gasteiger charge is 2.15. The van der Waals surface area contributed by atoms with Gasteiger partial charge in [0.05, 0.1) is 10.6 Å². The molecule has 0 atom stereocenters. The van der Waals surface area contributed by atoms with Crippen molar-refractivity contribution in [1.29, 1.82) is 0 Å². The Morgan fingerprint density at radius 3 is 2.46 bits per heavy atom. The highest BCUT2D eigenvalue weighted by Crippen LogP contribution is 2.18. The molecular weight excluding hydrogens is 334 g/mol. The van der Waals surface area contributed by atoms with Gasteiger partial charge in [0.1, 0.15) is 6.54 Å². The maximum absolute atomic E-state index is 12.1. The Labute approximate surface area is 140 Å². The lowest BCUT2D eigenvalue weighted by Crippen LogP contribution is -2.32. The van der Waals surface area contributed by atoms with Gasteiger partial charge in [-0.1, -0.05) is 23.8 Å². The van der Waals surface area contributed by atoms with E-state index >= 15 is 0 Å². The Morgan fingerprint density at radius 1 is 1.21 bits per heavy atom. The summed E-state index contributed by atoms with van der Waals surface area (Å²) < 4.78 is 23.8. The van der Waals surface area contributed by atoms with Crippen LogP contribution in [0.5, 0.6) is 0 Å². The number of carbonyl (C=O) groups is 1. The average Bonchev–Trinajstić information content (AvgIpc) is 2.53. The van der Waals surface area contributed by atoms with Crippen molar-refractivity contribution in [3.05, 3.63) is 64.2 Å². The lowest BCUT2D eigenvalue weighted by Gasteiger charge is -2.17. The van der Waals surface area contributed by atoms with E-state index in [1.54, 1.807) is 24.3 Å². The van der Waals surface area contributed by atoms with Crippen molar-refractivity contribution in [2.75, 3.05) is 16.2 Å². The molecule has 0 saturated carbocycles. The van der Waals surface area contributed by atoms with Crippen molar-refractivity contribution in [2.24, 2.45) is 0 Å². The van der Waals surface area contributed by atoms with Gasteiger partial charge in [-0.25, -0.2) is 8.42 Å². The van der Waals surface area contributed by atoms with Crippen LogP contribution >= 0.6 is 0 Å². The highest BCUT2D eigenvalue weighted by atomic mass is 32.2. The number of rotatable bonds is 6. The molecule has 9 heteroatoms. The number of nitrogens with one attached hydrogen (secondary N) is 1. The first-order valence-electron chi connectivity index (χ1n) is 6.89. The molecule has 24 heavy (non-hydrogen) atoms. The molecule has 0 unspecified atom stereocenters. The first kappa shape index (κ1) is 17.4. The fourth-order valence-electron chi connectivity index (χ4n) is 1.99. The van der Waals surface area contributed by atoms with E-state index in [0.717, 1.165) is 9.87 Å². The number of nitro benzene ring substituents is 1. The molecule has 0 radical (unpaired) electrons. The summed E-state index contributed by atoms with van der Waals surface area (Å²) >= 11 is 0. The third-order valence-electron chi connectivity index (χ3n) is 3.16. The summed E-state index contributed by atoms with van der Waals surface area (Å²) in [5.41, 5.74) is 1.38. The fraction of sp³-hybridized carbons (Fsp3) is 0.133. The largest absolute Gasteiger partial charge is 0.324 e. The number of hydrogen-bond donors (Lipinski definition) is 2. The quantitative estimate of drug-likeness (QED) is 0.470. The number of benzene rings is 2. The van der Waals surface area contributed by atoms with Crippen LogP contribution in [0.4, 0.5) is 17.1 Å². The molecule has 2 aromatic rings. The second-order valence-corrected chi connectivity index (χ2v) is 5.95. The second kappa shape index (κ2) is 7.55. The van der Waals surface area contributed by atoms with Crippen LogP contribution in [0.25, 0.3) is 0 Å². The van der Waals surface area contributed by atoms with Crippen molar-refractivity contribution < 1.29 is 18.1 Å². The summed E-state index contributed by atoms with van der Waals surface area (Å²) in [7, 11) is -3.01. The molecule has 2 aromatic carbocycles. The lowest BCUT2D eigenvalue weighted by atomic mass is 10.2. The third kappa shape index (κ3) is 4.53. The minimum Gasteiger partial charge on any atom is -0.324 e. The minimum absolute atomic E-state index is 0.168. The van der Waals surface area contributed by atoms with Crippen molar-refractivity contribution in [3.8, 4) is 0 Å². The molecule has 0 spiro atoms. The zero-order valence-electron chi connectivity index (χ0n) is 12.7. The molecule has 0 saturated heterocycles. The van der Waals surface area contributed by atoms with E-state index in [2.05, 4.69) is 5.32 Å². The minimum atomic E-state index is -3.01. The number of non-ortho nitro benzene ring substituents is 1. The van der Waals surface area contributed by atoms with Gasteiger partial charge in [0.25, 0.3) is 5.69 Å². The molecule has 0 aliphatic rings. The van der Waals surface area contributed by atoms with E-state index in [1.165, 1.54) is 24.3 Å². The van der Waals surface area contributed by atoms with Crippen LogP contribution in [-0.2, 0) is 15.7 Å². The molecule has 126 valence electrons. The second-order valence-electron chi connectivity index (χ2n) is 4.99. The maximum Gasteiger partial charge on any atom is 0.271 e. The molecule has 0 aliphatic heterocycles. The molecule has 8 nitrogen and oxygen atoms in total. The SMILES string of the molecule is Cc1ccc(N(CC(=O)Nc2cccc([N+](=O)[O-])c2)[SH](=O)=O)cc1. The van der Waals surface area contributed by atoms with E-state index in [-0.39, 0.29) is 11.4 Å². The Morgan fingerprint density at radius 2 is 1.88 bits per heavy atom. The van der Waals surface area contributed by atoms with Crippen molar-refractivity contribution in [2.45, 2.75) is 6.92 Å². The normalized spacial score (nSPS) is 10.4. The van der Waals surface area contributed by atoms with E-state index in [4.69, 9.17) is 0 Å². The van der Waals surface area contributed by atoms with Crippen LogP contribution in [-0.4, -0.2) is 25.8 Å². The summed E-state index contributed by atoms with van der Waals surface area (Å²) in [6.45, 7) is 1.44. The molecule has 2 rings (SSSR count). The summed E-state index contributed by atoms with van der Waals surface area (Å²) in [6, 6.07) is 12.1. The molecule has 0 aromatic heterocycles. The van der Waals surface area contributed by atoms with E-state index in [9.17, 15) is 23.3 Å². The number of aryl methyl sites for hydroxylation is 1. The van der Waals surface area contributed by atoms with Gasteiger partial charge in [0.2, 0.25) is 16.8 Å². The monoisotopic (exact) mass is 349 g/mol. The Hall–Kier alpha value is -2.94. The Kier molecular flexibility index (Phi) is 5.48. The smallest absolute Gasteiger partial charge is 0.271 e. The number of carbonyl (C=O) groups excluding carboxylic acids is 1. The number of amides is 1. The molecule has 1 N–H and O–H groups in total. The summed E-state index contributed by atoms with van der Waals surface area (Å²) in [5, 5.41) is 13.2.